The average molecular weight is 302 g/mol. The van der Waals surface area contributed by atoms with Crippen molar-refractivity contribution in [2.75, 3.05) is 13.2 Å². The monoisotopic (exact) mass is 302 g/mol. The van der Waals surface area contributed by atoms with Crippen molar-refractivity contribution in [2.24, 2.45) is 0 Å². The summed E-state index contributed by atoms with van der Waals surface area (Å²) in [5.41, 5.74) is 0. The van der Waals surface area contributed by atoms with Gasteiger partial charge in [0.15, 0.2) is 0 Å². The molecule has 0 unspecified atom stereocenters. The molecule has 118 valence electrons. The highest BCUT2D eigenvalue weighted by molar-refractivity contribution is 5.69. The third-order valence-electron chi connectivity index (χ3n) is 2.43. The second-order valence-corrected chi connectivity index (χ2v) is 4.02. The molecule has 20 heavy (non-hydrogen) atoms. The number of hydrogen-bond acceptors (Lipinski definition) is 4. The van der Waals surface area contributed by atoms with Crippen molar-refractivity contribution < 1.29 is 36.6 Å². The van der Waals surface area contributed by atoms with Gasteiger partial charge in [-0.05, 0) is 13.8 Å². The minimum absolute atomic E-state index is 0.0103. The number of ether oxygens (including phenoxy) is 2. The van der Waals surface area contributed by atoms with Crippen molar-refractivity contribution in [1.82, 2.24) is 0 Å². The predicted octanol–water partition coefficient (Wildman–Crippen LogP) is 2.94. The Morgan fingerprint density at radius 2 is 1.10 bits per heavy atom. The smallest absolute Gasteiger partial charge is 0.310 e. The normalized spacial score (nSPS) is 12.1. The fourth-order valence-electron chi connectivity index (χ4n) is 1.35. The molecule has 0 N–H and O–H groups in total. The minimum Gasteiger partial charge on any atom is -0.466 e. The first kappa shape index (κ1) is 18.7. The number of halogens is 4. The molecule has 0 fully saturated rings. The molecule has 0 bridgehead atoms. The lowest BCUT2D eigenvalue weighted by Crippen LogP contribution is -2.41. The van der Waals surface area contributed by atoms with Crippen molar-refractivity contribution in [1.29, 1.82) is 0 Å². The molecule has 0 saturated heterocycles. The summed E-state index contributed by atoms with van der Waals surface area (Å²) in [5.74, 6) is -10.7. The zero-order chi connectivity index (χ0) is 15.8. The maximum Gasteiger partial charge on any atom is 0.310 e. The van der Waals surface area contributed by atoms with E-state index in [4.69, 9.17) is 0 Å². The minimum atomic E-state index is -4.38. The Morgan fingerprint density at radius 3 is 1.35 bits per heavy atom. The van der Waals surface area contributed by atoms with Gasteiger partial charge in [-0.25, -0.2) is 0 Å². The van der Waals surface area contributed by atoms with Crippen LogP contribution in [0.25, 0.3) is 0 Å². The third kappa shape index (κ3) is 6.21. The van der Waals surface area contributed by atoms with Gasteiger partial charge in [-0.1, -0.05) is 0 Å². The van der Waals surface area contributed by atoms with Gasteiger partial charge in [0.2, 0.25) is 0 Å². The predicted molar refractivity (Wildman–Crippen MR) is 61.6 cm³/mol. The van der Waals surface area contributed by atoms with Crippen LogP contribution in [0.2, 0.25) is 0 Å². The fourth-order valence-corrected chi connectivity index (χ4v) is 1.35. The van der Waals surface area contributed by atoms with E-state index in [2.05, 4.69) is 9.47 Å². The zero-order valence-corrected chi connectivity index (χ0v) is 11.4. The third-order valence-corrected chi connectivity index (χ3v) is 2.43. The summed E-state index contributed by atoms with van der Waals surface area (Å²) in [6.45, 7) is 2.93. The van der Waals surface area contributed by atoms with Crippen LogP contribution in [0, 0.1) is 0 Å². The lowest BCUT2D eigenvalue weighted by atomic mass is 10.0. The molecule has 0 saturated carbocycles. The van der Waals surface area contributed by atoms with Gasteiger partial charge >= 0.3 is 23.8 Å². The van der Waals surface area contributed by atoms with E-state index < -0.39 is 49.5 Å². The van der Waals surface area contributed by atoms with E-state index >= 15 is 0 Å². The highest BCUT2D eigenvalue weighted by atomic mass is 19.3. The second kappa shape index (κ2) is 8.06. The molecule has 0 aliphatic carbocycles. The van der Waals surface area contributed by atoms with Crippen LogP contribution < -0.4 is 0 Å². The molecule has 0 aliphatic rings. The Balaban J connectivity index is 4.40. The Labute approximate surface area is 114 Å². The molecule has 4 nitrogen and oxygen atoms in total. The average Bonchev–Trinajstić information content (AvgIpc) is 2.35. The van der Waals surface area contributed by atoms with E-state index in [0.29, 0.717) is 0 Å². The number of esters is 2. The Hall–Kier alpha value is -1.34. The topological polar surface area (TPSA) is 52.6 Å². The number of rotatable bonds is 9. The molecular formula is C12H18F4O4. The Kier molecular flexibility index (Phi) is 7.52. The van der Waals surface area contributed by atoms with E-state index in [1.54, 1.807) is 0 Å². The molecule has 0 atom stereocenters. The molecule has 0 heterocycles. The van der Waals surface area contributed by atoms with Crippen LogP contribution in [0.15, 0.2) is 0 Å². The fraction of sp³-hybridized carbons (Fsp3) is 0.833. The molecule has 0 aromatic heterocycles. The summed E-state index contributed by atoms with van der Waals surface area (Å²) in [6.07, 6.45) is -4.28. The van der Waals surface area contributed by atoms with Crippen LogP contribution in [0.3, 0.4) is 0 Å². The summed E-state index contributed by atoms with van der Waals surface area (Å²) in [5, 5.41) is 0. The van der Waals surface area contributed by atoms with Gasteiger partial charge in [-0.3, -0.25) is 9.59 Å². The quantitative estimate of drug-likeness (QED) is 0.485. The lowest BCUT2D eigenvalue weighted by Gasteiger charge is -2.26. The van der Waals surface area contributed by atoms with Crippen LogP contribution in [0.1, 0.15) is 39.5 Å². The summed E-state index contributed by atoms with van der Waals surface area (Å²) in [7, 11) is 0. The van der Waals surface area contributed by atoms with Gasteiger partial charge in [0.25, 0.3) is 0 Å². The van der Waals surface area contributed by atoms with Gasteiger partial charge in [0.1, 0.15) is 0 Å². The number of hydrogen-bond donors (Lipinski definition) is 0. The summed E-state index contributed by atoms with van der Waals surface area (Å²) < 4.78 is 62.1. The Morgan fingerprint density at radius 1 is 0.800 bits per heavy atom. The SMILES string of the molecule is CCOC(=O)CCC(F)(F)C(F)(F)CCC(=O)OCC. The Bertz CT molecular complexity index is 299. The molecule has 0 aromatic rings. The molecule has 0 rings (SSSR count). The van der Waals surface area contributed by atoms with Crippen molar-refractivity contribution in [3.8, 4) is 0 Å². The van der Waals surface area contributed by atoms with Gasteiger partial charge < -0.3 is 9.47 Å². The van der Waals surface area contributed by atoms with Gasteiger partial charge in [-0.2, -0.15) is 17.6 Å². The van der Waals surface area contributed by atoms with Gasteiger partial charge in [-0.15, -0.1) is 0 Å². The first-order valence-electron chi connectivity index (χ1n) is 6.23. The lowest BCUT2D eigenvalue weighted by molar-refractivity contribution is -0.217. The van der Waals surface area contributed by atoms with Crippen molar-refractivity contribution in [2.45, 2.75) is 51.4 Å². The standard InChI is InChI=1S/C12H18F4O4/c1-3-19-9(17)5-7-11(13,14)12(15,16)8-6-10(18)20-4-2/h3-8H2,1-2H3. The molecule has 0 amide bonds. The van der Waals surface area contributed by atoms with E-state index in [1.807, 2.05) is 0 Å². The highest BCUT2D eigenvalue weighted by Crippen LogP contribution is 2.41. The maximum atomic E-state index is 13.3. The number of alkyl halides is 4. The van der Waals surface area contributed by atoms with Crippen molar-refractivity contribution >= 4 is 11.9 Å². The van der Waals surface area contributed by atoms with E-state index in [1.165, 1.54) is 13.8 Å². The van der Waals surface area contributed by atoms with Crippen molar-refractivity contribution in [3.05, 3.63) is 0 Å². The first-order chi connectivity index (χ1) is 9.16. The van der Waals surface area contributed by atoms with Crippen LogP contribution in [-0.2, 0) is 19.1 Å². The first-order valence-corrected chi connectivity index (χ1v) is 6.23. The van der Waals surface area contributed by atoms with E-state index in [-0.39, 0.29) is 13.2 Å². The molecule has 0 aromatic carbocycles. The molecule has 0 radical (unpaired) electrons. The highest BCUT2D eigenvalue weighted by Gasteiger charge is 2.55. The summed E-state index contributed by atoms with van der Waals surface area (Å²) in [4.78, 5) is 21.8. The second-order valence-electron chi connectivity index (χ2n) is 4.02. The summed E-state index contributed by atoms with van der Waals surface area (Å²) >= 11 is 0. The van der Waals surface area contributed by atoms with Crippen LogP contribution in [-0.4, -0.2) is 37.0 Å². The molecule has 0 aliphatic heterocycles. The van der Waals surface area contributed by atoms with Gasteiger partial charge in [0.05, 0.1) is 26.1 Å². The van der Waals surface area contributed by atoms with Crippen molar-refractivity contribution in [3.63, 3.8) is 0 Å². The maximum absolute atomic E-state index is 13.3. The van der Waals surface area contributed by atoms with Crippen LogP contribution in [0.4, 0.5) is 17.6 Å². The molecule has 0 spiro atoms. The molecular weight excluding hydrogens is 284 g/mol. The van der Waals surface area contributed by atoms with Crippen LogP contribution >= 0.6 is 0 Å². The largest absolute Gasteiger partial charge is 0.466 e. The number of carbonyl (C=O) groups excluding carboxylic acids is 2. The zero-order valence-electron chi connectivity index (χ0n) is 11.4. The van der Waals surface area contributed by atoms with Crippen LogP contribution in [0.5, 0.6) is 0 Å². The van der Waals surface area contributed by atoms with E-state index in [9.17, 15) is 27.2 Å². The molecule has 8 heteroatoms. The van der Waals surface area contributed by atoms with E-state index in [0.717, 1.165) is 0 Å². The van der Waals surface area contributed by atoms with Gasteiger partial charge in [0, 0.05) is 12.8 Å². The number of carbonyl (C=O) groups is 2. The summed E-state index contributed by atoms with van der Waals surface area (Å²) in [6, 6.07) is 0.